The second-order valence-electron chi connectivity index (χ2n) is 9.02. The van der Waals surface area contributed by atoms with Gasteiger partial charge >= 0.3 is 0 Å². The predicted octanol–water partition coefficient (Wildman–Crippen LogP) is 5.91. The summed E-state index contributed by atoms with van der Waals surface area (Å²) in [6.07, 6.45) is 6.81. The summed E-state index contributed by atoms with van der Waals surface area (Å²) in [5.74, 6) is 0. The zero-order valence-corrected chi connectivity index (χ0v) is 18.1. The van der Waals surface area contributed by atoms with E-state index < -0.39 is 0 Å². The van der Waals surface area contributed by atoms with Crippen LogP contribution in [0.15, 0.2) is 60.7 Å². The van der Waals surface area contributed by atoms with Crippen molar-refractivity contribution in [1.82, 2.24) is 14.8 Å². The number of pyridine rings is 1. The first-order valence-corrected chi connectivity index (χ1v) is 11.7. The van der Waals surface area contributed by atoms with Gasteiger partial charge in [-0.15, -0.1) is 0 Å². The first-order chi connectivity index (χ1) is 14.8. The van der Waals surface area contributed by atoms with Crippen LogP contribution in [-0.2, 0) is 0 Å². The number of hydrogen-bond donors (Lipinski definition) is 0. The summed E-state index contributed by atoms with van der Waals surface area (Å²) in [6.45, 7) is 7.41. The second-order valence-corrected chi connectivity index (χ2v) is 9.02. The number of piperidine rings is 2. The third kappa shape index (κ3) is 4.01. The average Bonchev–Trinajstić information content (AvgIpc) is 2.84. The molecule has 3 heterocycles. The molecule has 0 aliphatic carbocycles. The Morgan fingerprint density at radius 1 is 0.833 bits per heavy atom. The van der Waals surface area contributed by atoms with Gasteiger partial charge in [0, 0.05) is 36.1 Å². The minimum atomic E-state index is 0.405. The second kappa shape index (κ2) is 8.87. The molecule has 3 aromatic rings. The van der Waals surface area contributed by atoms with Crippen molar-refractivity contribution in [3.8, 4) is 11.3 Å². The summed E-state index contributed by atoms with van der Waals surface area (Å²) < 4.78 is 0. The topological polar surface area (TPSA) is 19.4 Å². The van der Waals surface area contributed by atoms with Gasteiger partial charge in [0.2, 0.25) is 0 Å². The molecule has 0 spiro atoms. The summed E-state index contributed by atoms with van der Waals surface area (Å²) >= 11 is 0. The van der Waals surface area contributed by atoms with Crippen LogP contribution in [0.3, 0.4) is 0 Å². The molecule has 0 radical (unpaired) electrons. The number of benzene rings is 2. The highest BCUT2D eigenvalue weighted by molar-refractivity contribution is 5.85. The van der Waals surface area contributed by atoms with Gasteiger partial charge in [-0.1, -0.05) is 55.0 Å². The van der Waals surface area contributed by atoms with Crippen LogP contribution in [0.4, 0.5) is 0 Å². The third-order valence-corrected chi connectivity index (χ3v) is 7.22. The molecule has 2 fully saturated rings. The third-order valence-electron chi connectivity index (χ3n) is 7.22. The Kier molecular flexibility index (Phi) is 5.83. The maximum atomic E-state index is 4.98. The Morgan fingerprint density at radius 3 is 2.30 bits per heavy atom. The van der Waals surface area contributed by atoms with Gasteiger partial charge in [0.1, 0.15) is 0 Å². The molecule has 2 saturated heterocycles. The molecule has 0 bridgehead atoms. The van der Waals surface area contributed by atoms with Crippen molar-refractivity contribution >= 4 is 10.9 Å². The summed E-state index contributed by atoms with van der Waals surface area (Å²) in [5.41, 5.74) is 4.79. The molecule has 1 aromatic heterocycles. The smallest absolute Gasteiger partial charge is 0.0713 e. The molecule has 3 heteroatoms. The van der Waals surface area contributed by atoms with Crippen molar-refractivity contribution in [3.05, 3.63) is 66.2 Å². The van der Waals surface area contributed by atoms with Crippen molar-refractivity contribution in [3.63, 3.8) is 0 Å². The number of nitrogens with zero attached hydrogens (tertiary/aromatic N) is 3. The lowest BCUT2D eigenvalue weighted by atomic mass is 9.95. The highest BCUT2D eigenvalue weighted by Gasteiger charge is 2.28. The van der Waals surface area contributed by atoms with E-state index in [2.05, 4.69) is 77.4 Å². The highest BCUT2D eigenvalue weighted by atomic mass is 15.2. The van der Waals surface area contributed by atoms with Gasteiger partial charge in [-0.05, 0) is 63.4 Å². The van der Waals surface area contributed by atoms with Gasteiger partial charge in [0.25, 0.3) is 0 Å². The fourth-order valence-corrected chi connectivity index (χ4v) is 5.42. The van der Waals surface area contributed by atoms with Crippen molar-refractivity contribution in [2.24, 2.45) is 0 Å². The van der Waals surface area contributed by atoms with E-state index in [4.69, 9.17) is 4.98 Å². The number of hydrogen-bond acceptors (Lipinski definition) is 3. The lowest BCUT2D eigenvalue weighted by molar-refractivity contribution is 0.0761. The zero-order valence-electron chi connectivity index (χ0n) is 18.1. The fourth-order valence-electron chi connectivity index (χ4n) is 5.42. The summed E-state index contributed by atoms with van der Waals surface area (Å²) in [6, 6.07) is 22.8. The number of likely N-dealkylation sites (tertiary alicyclic amines) is 2. The Morgan fingerprint density at radius 2 is 1.53 bits per heavy atom. The minimum Gasteiger partial charge on any atom is -0.300 e. The highest BCUT2D eigenvalue weighted by Crippen LogP contribution is 2.33. The molecule has 2 aromatic carbocycles. The Bertz CT molecular complexity index is 970. The molecule has 0 saturated carbocycles. The molecular formula is C27H33N3. The molecule has 2 aliphatic heterocycles. The molecule has 156 valence electrons. The monoisotopic (exact) mass is 399 g/mol. The van der Waals surface area contributed by atoms with Crippen LogP contribution in [0.2, 0.25) is 0 Å². The van der Waals surface area contributed by atoms with Crippen molar-refractivity contribution in [2.45, 2.75) is 51.1 Å². The molecule has 1 unspecified atom stereocenters. The Balaban J connectivity index is 1.40. The lowest BCUT2D eigenvalue weighted by Gasteiger charge is -2.42. The first-order valence-electron chi connectivity index (χ1n) is 11.7. The van der Waals surface area contributed by atoms with Gasteiger partial charge in [-0.2, -0.15) is 0 Å². The number of aromatic nitrogens is 1. The molecule has 2 aliphatic rings. The van der Waals surface area contributed by atoms with E-state index >= 15 is 0 Å². The zero-order chi connectivity index (χ0) is 20.3. The van der Waals surface area contributed by atoms with E-state index in [1.54, 1.807) is 0 Å². The van der Waals surface area contributed by atoms with Gasteiger partial charge in [-0.25, -0.2) is 4.98 Å². The van der Waals surface area contributed by atoms with E-state index in [-0.39, 0.29) is 0 Å². The Hall–Kier alpha value is -2.23. The van der Waals surface area contributed by atoms with Crippen molar-refractivity contribution in [1.29, 1.82) is 0 Å². The molecule has 30 heavy (non-hydrogen) atoms. The maximum absolute atomic E-state index is 4.98. The van der Waals surface area contributed by atoms with Crippen LogP contribution >= 0.6 is 0 Å². The standard InChI is InChI=1S/C27H33N3/c1-21(29-18-14-23(15-19-29)30-16-8-3-9-17-30)25-20-27(22-10-4-2-5-11-22)28-26-13-7-6-12-24(25)26/h2,4-7,10-13,20-21,23H,3,8-9,14-19H2,1H3. The molecular weight excluding hydrogens is 366 g/mol. The Labute approximate surface area is 180 Å². The van der Waals surface area contributed by atoms with Gasteiger partial charge in [0.05, 0.1) is 11.2 Å². The van der Waals surface area contributed by atoms with Crippen molar-refractivity contribution in [2.75, 3.05) is 26.2 Å². The molecule has 3 nitrogen and oxygen atoms in total. The van der Waals surface area contributed by atoms with Crippen LogP contribution in [0.25, 0.3) is 22.2 Å². The SMILES string of the molecule is CC(c1cc(-c2ccccc2)nc2ccccc12)N1CCC(N2CCCCC2)CC1. The predicted molar refractivity (Wildman–Crippen MR) is 126 cm³/mol. The molecule has 0 amide bonds. The molecule has 1 atom stereocenters. The normalized spacial score (nSPS) is 20.4. The van der Waals surface area contributed by atoms with Crippen LogP contribution in [0, 0.1) is 0 Å². The van der Waals surface area contributed by atoms with Crippen LogP contribution < -0.4 is 0 Å². The van der Waals surface area contributed by atoms with Crippen LogP contribution in [0.5, 0.6) is 0 Å². The largest absolute Gasteiger partial charge is 0.300 e. The molecule has 5 rings (SSSR count). The van der Waals surface area contributed by atoms with E-state index in [0.717, 1.165) is 17.3 Å². The first kappa shape index (κ1) is 19.7. The van der Waals surface area contributed by atoms with Crippen LogP contribution in [-0.4, -0.2) is 47.0 Å². The summed E-state index contributed by atoms with van der Waals surface area (Å²) in [5, 5.41) is 1.29. The number of fused-ring (bicyclic) bond motifs is 1. The lowest BCUT2D eigenvalue weighted by Crippen LogP contribution is -2.47. The van der Waals surface area contributed by atoms with E-state index in [0.29, 0.717) is 6.04 Å². The van der Waals surface area contributed by atoms with Crippen molar-refractivity contribution < 1.29 is 0 Å². The average molecular weight is 400 g/mol. The van der Waals surface area contributed by atoms with Gasteiger partial charge < -0.3 is 4.90 Å². The summed E-state index contributed by atoms with van der Waals surface area (Å²) in [4.78, 5) is 10.4. The minimum absolute atomic E-state index is 0.405. The fraction of sp³-hybridized carbons (Fsp3) is 0.444. The van der Waals surface area contributed by atoms with E-state index in [1.165, 1.54) is 74.8 Å². The quantitative estimate of drug-likeness (QED) is 0.543. The van der Waals surface area contributed by atoms with Gasteiger partial charge in [0.15, 0.2) is 0 Å². The number of rotatable bonds is 4. The van der Waals surface area contributed by atoms with E-state index in [9.17, 15) is 0 Å². The maximum Gasteiger partial charge on any atom is 0.0713 e. The number of para-hydroxylation sites is 1. The van der Waals surface area contributed by atoms with Crippen LogP contribution in [0.1, 0.15) is 50.6 Å². The van der Waals surface area contributed by atoms with Gasteiger partial charge in [-0.3, -0.25) is 4.90 Å². The molecule has 0 N–H and O–H groups in total. The summed E-state index contributed by atoms with van der Waals surface area (Å²) in [7, 11) is 0. The van der Waals surface area contributed by atoms with E-state index in [1.807, 2.05) is 0 Å².